The molecule has 0 bridgehead atoms. The summed E-state index contributed by atoms with van der Waals surface area (Å²) in [6.45, 7) is 3.75. The summed E-state index contributed by atoms with van der Waals surface area (Å²) >= 11 is 0. The standard InChI is InChI=1S/C18H20F2O/c1-3-4-13-21-17-11-7-15(8-12-17)14-5-9-16(10-6-14)18(2,19)20/h5-12H,3-4,13H2,1-2H3. The van der Waals surface area contributed by atoms with Gasteiger partial charge in [-0.1, -0.05) is 49.7 Å². The van der Waals surface area contributed by atoms with Crippen LogP contribution < -0.4 is 4.74 Å². The van der Waals surface area contributed by atoms with E-state index in [4.69, 9.17) is 4.74 Å². The van der Waals surface area contributed by atoms with Crippen LogP contribution in [0.1, 0.15) is 32.3 Å². The summed E-state index contributed by atoms with van der Waals surface area (Å²) in [4.78, 5) is 0. The number of benzene rings is 2. The number of alkyl halides is 2. The molecule has 2 rings (SSSR count). The molecule has 0 unspecified atom stereocenters. The molecule has 0 saturated heterocycles. The van der Waals surface area contributed by atoms with E-state index in [0.29, 0.717) is 0 Å². The molecule has 0 aromatic heterocycles. The van der Waals surface area contributed by atoms with Crippen molar-refractivity contribution in [3.05, 3.63) is 54.1 Å². The lowest BCUT2D eigenvalue weighted by molar-refractivity contribution is 0.0175. The second kappa shape index (κ2) is 6.70. The molecule has 0 aliphatic rings. The maximum absolute atomic E-state index is 13.2. The van der Waals surface area contributed by atoms with Crippen molar-refractivity contribution in [2.75, 3.05) is 6.61 Å². The Morgan fingerprint density at radius 3 is 1.90 bits per heavy atom. The van der Waals surface area contributed by atoms with Crippen LogP contribution in [0.15, 0.2) is 48.5 Å². The van der Waals surface area contributed by atoms with Crippen molar-refractivity contribution in [2.24, 2.45) is 0 Å². The lowest BCUT2D eigenvalue weighted by atomic mass is 10.0. The maximum atomic E-state index is 13.2. The molecule has 0 fully saturated rings. The third-order valence-electron chi connectivity index (χ3n) is 3.35. The van der Waals surface area contributed by atoms with Crippen molar-refractivity contribution < 1.29 is 13.5 Å². The normalized spacial score (nSPS) is 11.4. The Morgan fingerprint density at radius 1 is 0.905 bits per heavy atom. The topological polar surface area (TPSA) is 9.23 Å². The van der Waals surface area contributed by atoms with E-state index in [1.54, 1.807) is 12.1 Å². The molecule has 0 N–H and O–H groups in total. The van der Waals surface area contributed by atoms with E-state index < -0.39 is 5.92 Å². The van der Waals surface area contributed by atoms with Crippen LogP contribution in [0.5, 0.6) is 5.75 Å². The molecule has 0 spiro atoms. The summed E-state index contributed by atoms with van der Waals surface area (Å²) in [6.07, 6.45) is 2.14. The minimum Gasteiger partial charge on any atom is -0.494 e. The Labute approximate surface area is 124 Å². The molecule has 0 atom stereocenters. The van der Waals surface area contributed by atoms with E-state index >= 15 is 0 Å². The molecule has 0 aliphatic carbocycles. The Hall–Kier alpha value is -1.90. The highest BCUT2D eigenvalue weighted by molar-refractivity contribution is 5.64. The number of ether oxygens (including phenoxy) is 1. The SMILES string of the molecule is CCCCOc1ccc(-c2ccc(C(C)(F)F)cc2)cc1. The summed E-state index contributed by atoms with van der Waals surface area (Å²) < 4.78 is 31.9. The molecule has 0 heterocycles. The van der Waals surface area contributed by atoms with Crippen LogP contribution in [-0.4, -0.2) is 6.61 Å². The van der Waals surface area contributed by atoms with Gasteiger partial charge >= 0.3 is 0 Å². The third-order valence-corrected chi connectivity index (χ3v) is 3.35. The highest BCUT2D eigenvalue weighted by Gasteiger charge is 2.23. The summed E-state index contributed by atoms with van der Waals surface area (Å²) in [5.74, 6) is -1.96. The van der Waals surface area contributed by atoms with Gasteiger partial charge in [-0.3, -0.25) is 0 Å². The second-order valence-electron chi connectivity index (χ2n) is 5.19. The van der Waals surface area contributed by atoms with Gasteiger partial charge in [-0.2, -0.15) is 0 Å². The highest BCUT2D eigenvalue weighted by atomic mass is 19.3. The quantitative estimate of drug-likeness (QED) is 0.625. The van der Waals surface area contributed by atoms with Crippen molar-refractivity contribution in [3.63, 3.8) is 0 Å². The Morgan fingerprint density at radius 2 is 1.43 bits per heavy atom. The molecular weight excluding hydrogens is 270 g/mol. The first-order valence-corrected chi connectivity index (χ1v) is 7.22. The van der Waals surface area contributed by atoms with E-state index in [9.17, 15) is 8.78 Å². The van der Waals surface area contributed by atoms with Crippen LogP contribution >= 0.6 is 0 Å². The molecule has 2 aromatic carbocycles. The number of hydrogen-bond acceptors (Lipinski definition) is 1. The average Bonchev–Trinajstić information content (AvgIpc) is 2.48. The van der Waals surface area contributed by atoms with Gasteiger partial charge in [-0.05, 0) is 29.7 Å². The van der Waals surface area contributed by atoms with Crippen molar-refractivity contribution in [1.29, 1.82) is 0 Å². The minimum atomic E-state index is -2.80. The lowest BCUT2D eigenvalue weighted by Crippen LogP contribution is -2.06. The summed E-state index contributed by atoms with van der Waals surface area (Å²) in [5.41, 5.74) is 1.94. The monoisotopic (exact) mass is 290 g/mol. The number of hydrogen-bond donors (Lipinski definition) is 0. The van der Waals surface area contributed by atoms with Crippen LogP contribution in [0.25, 0.3) is 11.1 Å². The van der Waals surface area contributed by atoms with E-state index in [1.807, 2.05) is 24.3 Å². The van der Waals surface area contributed by atoms with Crippen LogP contribution in [0.4, 0.5) is 8.78 Å². The van der Waals surface area contributed by atoms with Gasteiger partial charge in [0.1, 0.15) is 5.75 Å². The lowest BCUT2D eigenvalue weighted by Gasteiger charge is -2.11. The molecular formula is C18H20F2O. The minimum absolute atomic E-state index is 0.0331. The van der Waals surface area contributed by atoms with Crippen LogP contribution in [0.3, 0.4) is 0 Å². The van der Waals surface area contributed by atoms with Crippen LogP contribution in [0.2, 0.25) is 0 Å². The Bertz CT molecular complexity index is 553. The zero-order valence-electron chi connectivity index (χ0n) is 12.4. The summed E-state index contributed by atoms with van der Waals surface area (Å²) in [5, 5.41) is 0. The van der Waals surface area contributed by atoms with Crippen molar-refractivity contribution in [2.45, 2.75) is 32.6 Å². The van der Waals surface area contributed by atoms with Crippen molar-refractivity contribution in [1.82, 2.24) is 0 Å². The van der Waals surface area contributed by atoms with Gasteiger partial charge in [-0.15, -0.1) is 0 Å². The van der Waals surface area contributed by atoms with E-state index in [2.05, 4.69) is 6.92 Å². The fourth-order valence-electron chi connectivity index (χ4n) is 2.03. The number of halogens is 2. The predicted molar refractivity (Wildman–Crippen MR) is 81.8 cm³/mol. The Kier molecular flexibility index (Phi) is 4.94. The van der Waals surface area contributed by atoms with Crippen LogP contribution in [-0.2, 0) is 5.92 Å². The first kappa shape index (κ1) is 15.5. The smallest absolute Gasteiger partial charge is 0.270 e. The molecule has 112 valence electrons. The molecule has 0 radical (unpaired) electrons. The van der Waals surface area contributed by atoms with Gasteiger partial charge < -0.3 is 4.74 Å². The van der Waals surface area contributed by atoms with Crippen molar-refractivity contribution >= 4 is 0 Å². The van der Waals surface area contributed by atoms with E-state index in [1.165, 1.54) is 12.1 Å². The third kappa shape index (κ3) is 4.28. The first-order valence-electron chi connectivity index (χ1n) is 7.22. The molecule has 2 aromatic rings. The second-order valence-corrected chi connectivity index (χ2v) is 5.19. The van der Waals surface area contributed by atoms with Gasteiger partial charge in [0, 0.05) is 12.5 Å². The van der Waals surface area contributed by atoms with Gasteiger partial charge in [0.25, 0.3) is 5.92 Å². The van der Waals surface area contributed by atoms with Gasteiger partial charge in [0.2, 0.25) is 0 Å². The van der Waals surface area contributed by atoms with Gasteiger partial charge in [0.05, 0.1) is 6.61 Å². The summed E-state index contributed by atoms with van der Waals surface area (Å²) in [6, 6.07) is 14.1. The van der Waals surface area contributed by atoms with Gasteiger partial charge in [0.15, 0.2) is 0 Å². The van der Waals surface area contributed by atoms with Gasteiger partial charge in [-0.25, -0.2) is 8.78 Å². The molecule has 0 aliphatic heterocycles. The molecule has 1 nitrogen and oxygen atoms in total. The van der Waals surface area contributed by atoms with E-state index in [0.717, 1.165) is 43.2 Å². The molecule has 3 heteroatoms. The highest BCUT2D eigenvalue weighted by Crippen LogP contribution is 2.29. The first-order chi connectivity index (χ1) is 10.0. The summed E-state index contributed by atoms with van der Waals surface area (Å²) in [7, 11) is 0. The maximum Gasteiger partial charge on any atom is 0.270 e. The zero-order chi connectivity index (χ0) is 15.3. The Balaban J connectivity index is 2.08. The van der Waals surface area contributed by atoms with E-state index in [-0.39, 0.29) is 5.56 Å². The molecule has 0 amide bonds. The van der Waals surface area contributed by atoms with Crippen LogP contribution in [0, 0.1) is 0 Å². The van der Waals surface area contributed by atoms with Crippen molar-refractivity contribution in [3.8, 4) is 16.9 Å². The predicted octanol–water partition coefficient (Wildman–Crippen LogP) is 5.64. The number of rotatable bonds is 6. The largest absolute Gasteiger partial charge is 0.494 e. The molecule has 0 saturated carbocycles. The number of unbranched alkanes of at least 4 members (excludes halogenated alkanes) is 1. The average molecular weight is 290 g/mol. The molecule has 21 heavy (non-hydrogen) atoms. The fraction of sp³-hybridized carbons (Fsp3) is 0.333. The fourth-order valence-corrected chi connectivity index (χ4v) is 2.03. The zero-order valence-corrected chi connectivity index (χ0v) is 12.4.